The van der Waals surface area contributed by atoms with Gasteiger partial charge in [0, 0.05) is 12.6 Å². The van der Waals surface area contributed by atoms with Crippen molar-refractivity contribution in [2.45, 2.75) is 38.6 Å². The summed E-state index contributed by atoms with van der Waals surface area (Å²) in [4.78, 5) is 2.46. The molecule has 1 aromatic rings. The van der Waals surface area contributed by atoms with E-state index in [1.54, 1.807) is 0 Å². The van der Waals surface area contributed by atoms with E-state index in [1.165, 1.54) is 49.9 Å². The highest BCUT2D eigenvalue weighted by molar-refractivity contribution is 5.25. The van der Waals surface area contributed by atoms with Gasteiger partial charge in [-0.3, -0.25) is 0 Å². The van der Waals surface area contributed by atoms with Crippen LogP contribution in [0.5, 0.6) is 0 Å². The van der Waals surface area contributed by atoms with Gasteiger partial charge in [0.05, 0.1) is 0 Å². The Morgan fingerprint density at radius 1 is 1.28 bits per heavy atom. The van der Waals surface area contributed by atoms with E-state index in [-0.39, 0.29) is 0 Å². The highest BCUT2D eigenvalue weighted by atomic mass is 15.1. The third kappa shape index (κ3) is 4.11. The van der Waals surface area contributed by atoms with Crippen molar-refractivity contribution >= 4 is 0 Å². The van der Waals surface area contributed by atoms with Gasteiger partial charge in [0.2, 0.25) is 0 Å². The lowest BCUT2D eigenvalue weighted by molar-refractivity contribution is 0.316. The van der Waals surface area contributed by atoms with Gasteiger partial charge in [-0.1, -0.05) is 24.3 Å². The van der Waals surface area contributed by atoms with Crippen LogP contribution >= 0.6 is 0 Å². The minimum atomic E-state index is 0.769. The van der Waals surface area contributed by atoms with Crippen LogP contribution in [0.4, 0.5) is 0 Å². The molecule has 0 spiro atoms. The Morgan fingerprint density at radius 3 is 2.83 bits per heavy atom. The normalized spacial score (nSPS) is 19.6. The largest absolute Gasteiger partial charge is 0.314 e. The van der Waals surface area contributed by atoms with Gasteiger partial charge in [-0.05, 0) is 63.9 Å². The van der Waals surface area contributed by atoms with Gasteiger partial charge in [0.25, 0.3) is 0 Å². The monoisotopic (exact) mass is 246 g/mol. The van der Waals surface area contributed by atoms with E-state index in [2.05, 4.69) is 48.5 Å². The first-order chi connectivity index (χ1) is 8.75. The van der Waals surface area contributed by atoms with Gasteiger partial charge in [-0.2, -0.15) is 0 Å². The summed E-state index contributed by atoms with van der Waals surface area (Å²) in [6, 6.07) is 9.49. The summed E-state index contributed by atoms with van der Waals surface area (Å²) in [5.74, 6) is 0. The van der Waals surface area contributed by atoms with Crippen LogP contribution in [-0.4, -0.2) is 37.6 Å². The molecule has 2 rings (SSSR count). The quantitative estimate of drug-likeness (QED) is 0.830. The van der Waals surface area contributed by atoms with Crippen molar-refractivity contribution in [1.29, 1.82) is 0 Å². The van der Waals surface area contributed by atoms with E-state index in [0.29, 0.717) is 0 Å². The Balaban J connectivity index is 1.68. The summed E-state index contributed by atoms with van der Waals surface area (Å²) < 4.78 is 0. The van der Waals surface area contributed by atoms with Gasteiger partial charge < -0.3 is 10.2 Å². The lowest BCUT2D eigenvalue weighted by Crippen LogP contribution is -2.29. The molecule has 0 bridgehead atoms. The van der Waals surface area contributed by atoms with Crippen molar-refractivity contribution in [3.63, 3.8) is 0 Å². The number of hydrogen-bond donors (Lipinski definition) is 1. The third-order valence-electron chi connectivity index (χ3n) is 4.05. The molecule has 0 radical (unpaired) electrons. The third-order valence-corrected chi connectivity index (χ3v) is 4.05. The van der Waals surface area contributed by atoms with Crippen molar-refractivity contribution in [3.05, 3.63) is 35.4 Å². The van der Waals surface area contributed by atoms with Crippen molar-refractivity contribution in [2.75, 3.05) is 26.7 Å². The van der Waals surface area contributed by atoms with Crippen LogP contribution in [0.25, 0.3) is 0 Å². The summed E-state index contributed by atoms with van der Waals surface area (Å²) in [6.07, 6.45) is 5.19. The predicted molar refractivity (Wildman–Crippen MR) is 78.0 cm³/mol. The SMILES string of the molecule is Cc1ccccc1CCN(C)CCC1CCCN1. The summed E-state index contributed by atoms with van der Waals surface area (Å²) in [5, 5.41) is 3.57. The first-order valence-electron chi connectivity index (χ1n) is 7.22. The van der Waals surface area contributed by atoms with Gasteiger partial charge in [0.1, 0.15) is 0 Å². The highest BCUT2D eigenvalue weighted by Crippen LogP contribution is 2.10. The second-order valence-electron chi connectivity index (χ2n) is 5.56. The van der Waals surface area contributed by atoms with Crippen molar-refractivity contribution < 1.29 is 0 Å². The molecule has 1 atom stereocenters. The molecule has 2 nitrogen and oxygen atoms in total. The number of likely N-dealkylation sites (N-methyl/N-ethyl adjacent to an activating group) is 1. The van der Waals surface area contributed by atoms with Crippen LogP contribution in [-0.2, 0) is 6.42 Å². The number of aryl methyl sites for hydroxylation is 1. The zero-order chi connectivity index (χ0) is 12.8. The lowest BCUT2D eigenvalue weighted by atomic mass is 10.1. The molecule has 2 heteroatoms. The van der Waals surface area contributed by atoms with Crippen molar-refractivity contribution in [2.24, 2.45) is 0 Å². The Hall–Kier alpha value is -0.860. The Morgan fingerprint density at radius 2 is 2.11 bits per heavy atom. The second-order valence-corrected chi connectivity index (χ2v) is 5.56. The molecule has 0 aromatic heterocycles. The molecule has 18 heavy (non-hydrogen) atoms. The first kappa shape index (κ1) is 13.6. The van der Waals surface area contributed by atoms with E-state index in [9.17, 15) is 0 Å². The molecule has 100 valence electrons. The minimum Gasteiger partial charge on any atom is -0.314 e. The van der Waals surface area contributed by atoms with E-state index < -0.39 is 0 Å². The number of nitrogens with one attached hydrogen (secondary N) is 1. The maximum absolute atomic E-state index is 3.57. The summed E-state index contributed by atoms with van der Waals surface area (Å²) in [7, 11) is 2.24. The van der Waals surface area contributed by atoms with E-state index >= 15 is 0 Å². The van der Waals surface area contributed by atoms with E-state index in [4.69, 9.17) is 0 Å². The fourth-order valence-electron chi connectivity index (χ4n) is 2.69. The van der Waals surface area contributed by atoms with Crippen LogP contribution in [0.3, 0.4) is 0 Å². The zero-order valence-electron chi connectivity index (χ0n) is 11.8. The smallest absolute Gasteiger partial charge is 0.00797 e. The molecule has 1 aliphatic heterocycles. The lowest BCUT2D eigenvalue weighted by Gasteiger charge is -2.19. The molecule has 0 amide bonds. The topological polar surface area (TPSA) is 15.3 Å². The molecule has 1 fully saturated rings. The molecule has 0 aliphatic carbocycles. The average Bonchev–Trinajstić information content (AvgIpc) is 2.88. The molecule has 0 saturated carbocycles. The maximum Gasteiger partial charge on any atom is 0.00797 e. The molecule has 1 saturated heterocycles. The van der Waals surface area contributed by atoms with Gasteiger partial charge in [-0.15, -0.1) is 0 Å². The highest BCUT2D eigenvalue weighted by Gasteiger charge is 2.14. The zero-order valence-corrected chi connectivity index (χ0v) is 11.8. The fraction of sp³-hybridized carbons (Fsp3) is 0.625. The Bertz CT molecular complexity index is 356. The summed E-state index contributed by atoms with van der Waals surface area (Å²) >= 11 is 0. The fourth-order valence-corrected chi connectivity index (χ4v) is 2.69. The Labute approximate surface area is 111 Å². The maximum atomic E-state index is 3.57. The van der Waals surface area contributed by atoms with E-state index in [0.717, 1.165) is 12.6 Å². The number of rotatable bonds is 6. The molecule has 1 aliphatic rings. The number of hydrogen-bond acceptors (Lipinski definition) is 2. The van der Waals surface area contributed by atoms with Crippen LogP contribution < -0.4 is 5.32 Å². The Kier molecular flexibility index (Phi) is 5.21. The molecular formula is C16H26N2. The van der Waals surface area contributed by atoms with E-state index in [1.807, 2.05) is 0 Å². The van der Waals surface area contributed by atoms with Crippen LogP contribution in [0.1, 0.15) is 30.4 Å². The van der Waals surface area contributed by atoms with Crippen molar-refractivity contribution in [1.82, 2.24) is 10.2 Å². The van der Waals surface area contributed by atoms with Gasteiger partial charge >= 0.3 is 0 Å². The molecule has 1 N–H and O–H groups in total. The second kappa shape index (κ2) is 6.91. The predicted octanol–water partition coefficient (Wildman–Crippen LogP) is 2.61. The van der Waals surface area contributed by atoms with Crippen LogP contribution in [0, 0.1) is 6.92 Å². The summed E-state index contributed by atoms with van der Waals surface area (Å²) in [6.45, 7) is 5.80. The minimum absolute atomic E-state index is 0.769. The number of benzene rings is 1. The first-order valence-corrected chi connectivity index (χ1v) is 7.22. The van der Waals surface area contributed by atoms with Gasteiger partial charge in [-0.25, -0.2) is 0 Å². The average molecular weight is 246 g/mol. The van der Waals surface area contributed by atoms with Gasteiger partial charge in [0.15, 0.2) is 0 Å². The number of nitrogens with zero attached hydrogens (tertiary/aromatic N) is 1. The standard InChI is InChI=1S/C16H26N2/c1-14-6-3-4-7-15(14)9-12-18(2)13-10-16-8-5-11-17-16/h3-4,6-7,16-17H,5,8-13H2,1-2H3. The molecule has 1 aromatic carbocycles. The van der Waals surface area contributed by atoms with Crippen molar-refractivity contribution in [3.8, 4) is 0 Å². The molecule has 1 unspecified atom stereocenters. The molecule has 1 heterocycles. The van der Waals surface area contributed by atoms with Crippen LogP contribution in [0.2, 0.25) is 0 Å². The molecular weight excluding hydrogens is 220 g/mol. The summed E-state index contributed by atoms with van der Waals surface area (Å²) in [5.41, 5.74) is 2.91. The van der Waals surface area contributed by atoms with Crippen LogP contribution in [0.15, 0.2) is 24.3 Å².